The molecule has 0 spiro atoms. The van der Waals surface area contributed by atoms with Crippen LogP contribution in [0.15, 0.2) is 66.7 Å². The Bertz CT molecular complexity index is 1390. The maximum Gasteiger partial charge on any atom is 0.401 e. The van der Waals surface area contributed by atoms with Crippen LogP contribution in [0.2, 0.25) is 0 Å². The van der Waals surface area contributed by atoms with Crippen LogP contribution in [0.4, 0.5) is 23.2 Å². The Morgan fingerprint density at radius 1 is 0.976 bits per heavy atom. The number of benzene rings is 3. The maximum absolute atomic E-state index is 14.9. The highest BCUT2D eigenvalue weighted by Gasteiger charge is 2.40. The quantitative estimate of drug-likeness (QED) is 0.287. The Kier molecular flexibility index (Phi) is 9.40. The van der Waals surface area contributed by atoms with Gasteiger partial charge in [-0.2, -0.15) is 13.2 Å². The van der Waals surface area contributed by atoms with Crippen molar-refractivity contribution >= 4 is 17.5 Å². The Morgan fingerprint density at radius 2 is 1.67 bits per heavy atom. The number of anilines is 1. The van der Waals surface area contributed by atoms with Gasteiger partial charge >= 0.3 is 6.18 Å². The summed E-state index contributed by atoms with van der Waals surface area (Å²) in [4.78, 5) is 29.2. The summed E-state index contributed by atoms with van der Waals surface area (Å²) >= 11 is 0. The van der Waals surface area contributed by atoms with Crippen LogP contribution in [-0.2, 0) is 16.8 Å². The molecule has 2 atom stereocenters. The molecule has 1 aliphatic rings. The number of nitrogens with zero attached hydrogens (tertiary/aromatic N) is 1. The normalized spacial score (nSPS) is 17.7. The number of nitrogens with one attached hydrogen (secondary N) is 2. The van der Waals surface area contributed by atoms with Gasteiger partial charge in [0.1, 0.15) is 5.82 Å². The third kappa shape index (κ3) is 7.56. The van der Waals surface area contributed by atoms with E-state index in [0.717, 1.165) is 5.56 Å². The highest BCUT2D eigenvalue weighted by Crippen LogP contribution is 2.39. The van der Waals surface area contributed by atoms with E-state index in [0.29, 0.717) is 41.8 Å². The first-order chi connectivity index (χ1) is 19.7. The van der Waals surface area contributed by atoms with Crippen molar-refractivity contribution in [1.29, 1.82) is 0 Å². The lowest BCUT2D eigenvalue weighted by molar-refractivity contribution is -0.125. The molecule has 3 aromatic rings. The van der Waals surface area contributed by atoms with Crippen LogP contribution in [-0.4, -0.2) is 36.0 Å². The fourth-order valence-corrected chi connectivity index (χ4v) is 5.44. The van der Waals surface area contributed by atoms with E-state index < -0.39 is 36.4 Å². The van der Waals surface area contributed by atoms with E-state index in [4.69, 9.17) is 0 Å². The predicted octanol–water partition coefficient (Wildman–Crippen LogP) is 7.32. The Morgan fingerprint density at radius 3 is 2.31 bits per heavy atom. The van der Waals surface area contributed by atoms with E-state index in [1.54, 1.807) is 48.2 Å². The van der Waals surface area contributed by atoms with Gasteiger partial charge in [0, 0.05) is 18.8 Å². The zero-order chi connectivity index (χ0) is 30.7. The van der Waals surface area contributed by atoms with Crippen molar-refractivity contribution in [2.45, 2.75) is 64.7 Å². The number of hydrogen-bond acceptors (Lipinski definition) is 3. The Labute approximate surface area is 244 Å². The minimum Gasteiger partial charge on any atom is -0.331 e. The number of aryl methyl sites for hydroxylation is 1. The van der Waals surface area contributed by atoms with Gasteiger partial charge in [0.25, 0.3) is 5.91 Å². The summed E-state index contributed by atoms with van der Waals surface area (Å²) < 4.78 is 52.6. The molecule has 0 unspecified atom stereocenters. The SMILES string of the molecule is Cc1cccc(F)c1C(=O)N1CCC[C@H](C(=O)Nc2cccc(C(C)(C)C)c2)[C@@H]1c1ccc(CNCC(F)(F)F)cc1. The van der Waals surface area contributed by atoms with Gasteiger partial charge < -0.3 is 15.5 Å². The Hall–Kier alpha value is -3.72. The van der Waals surface area contributed by atoms with Crippen LogP contribution in [0.5, 0.6) is 0 Å². The minimum absolute atomic E-state index is 0.00948. The number of likely N-dealkylation sites (tertiary alicyclic amines) is 1. The molecular weight excluding hydrogens is 546 g/mol. The molecular formula is C33H37F4N3O2. The molecule has 9 heteroatoms. The van der Waals surface area contributed by atoms with E-state index in [2.05, 4.69) is 31.4 Å². The molecule has 224 valence electrons. The molecule has 1 heterocycles. The van der Waals surface area contributed by atoms with E-state index >= 15 is 0 Å². The van der Waals surface area contributed by atoms with Crippen molar-refractivity contribution < 1.29 is 27.2 Å². The van der Waals surface area contributed by atoms with Crippen LogP contribution in [0.3, 0.4) is 0 Å². The van der Waals surface area contributed by atoms with E-state index in [1.165, 1.54) is 6.07 Å². The number of carbonyl (C=O) groups excluding carboxylic acids is 2. The van der Waals surface area contributed by atoms with Gasteiger partial charge in [-0.3, -0.25) is 9.59 Å². The van der Waals surface area contributed by atoms with E-state index in [1.807, 2.05) is 24.3 Å². The molecule has 1 saturated heterocycles. The summed E-state index contributed by atoms with van der Waals surface area (Å²) in [5.41, 5.74) is 3.32. The monoisotopic (exact) mass is 583 g/mol. The van der Waals surface area contributed by atoms with Gasteiger partial charge in [-0.15, -0.1) is 0 Å². The highest BCUT2D eigenvalue weighted by molar-refractivity contribution is 5.98. The molecule has 3 aromatic carbocycles. The van der Waals surface area contributed by atoms with Gasteiger partial charge in [-0.1, -0.05) is 69.3 Å². The first-order valence-electron chi connectivity index (χ1n) is 14.1. The largest absolute Gasteiger partial charge is 0.401 e. The molecule has 2 N–H and O–H groups in total. The molecule has 1 aliphatic heterocycles. The first kappa shape index (κ1) is 31.2. The lowest BCUT2D eigenvalue weighted by Crippen LogP contribution is -2.46. The molecule has 0 bridgehead atoms. The fourth-order valence-electron chi connectivity index (χ4n) is 5.44. The van der Waals surface area contributed by atoms with Gasteiger partial charge in [-0.25, -0.2) is 4.39 Å². The second kappa shape index (κ2) is 12.7. The smallest absolute Gasteiger partial charge is 0.331 e. The number of amides is 2. The van der Waals surface area contributed by atoms with Gasteiger partial charge in [-0.05, 0) is 65.6 Å². The van der Waals surface area contributed by atoms with Crippen LogP contribution in [0.1, 0.15) is 72.3 Å². The van der Waals surface area contributed by atoms with Crippen molar-refractivity contribution in [1.82, 2.24) is 10.2 Å². The van der Waals surface area contributed by atoms with Gasteiger partial charge in [0.05, 0.1) is 24.1 Å². The summed E-state index contributed by atoms with van der Waals surface area (Å²) in [6.07, 6.45) is -3.26. The average Bonchev–Trinajstić information content (AvgIpc) is 2.92. The standard InChI is InChI=1S/C33H37F4N3O2/c1-21-8-5-12-27(34)28(21)31(42)40-17-7-11-26(30(41)39-25-10-6-9-24(18-25)32(2,3)4)29(40)23-15-13-22(14-16-23)19-38-20-33(35,36)37/h5-6,8-10,12-16,18,26,29,38H,7,11,17,19-20H2,1-4H3,(H,39,41)/t26-,29-/m0/s1. The molecule has 0 saturated carbocycles. The van der Waals surface area contributed by atoms with Gasteiger partial charge in [0.15, 0.2) is 0 Å². The number of rotatable bonds is 7. The topological polar surface area (TPSA) is 61.4 Å². The summed E-state index contributed by atoms with van der Waals surface area (Å²) in [6, 6.07) is 18.2. The zero-order valence-electron chi connectivity index (χ0n) is 24.3. The summed E-state index contributed by atoms with van der Waals surface area (Å²) in [5.74, 6) is -2.03. The second-order valence-electron chi connectivity index (χ2n) is 11.9. The van der Waals surface area contributed by atoms with Crippen molar-refractivity contribution in [3.8, 4) is 0 Å². The van der Waals surface area contributed by atoms with Crippen molar-refractivity contribution in [2.75, 3.05) is 18.4 Å². The number of piperidine rings is 1. The molecule has 4 rings (SSSR count). The first-order valence-corrected chi connectivity index (χ1v) is 14.1. The number of hydrogen-bond donors (Lipinski definition) is 2. The van der Waals surface area contributed by atoms with Crippen molar-refractivity contribution in [3.63, 3.8) is 0 Å². The van der Waals surface area contributed by atoms with Crippen LogP contribution >= 0.6 is 0 Å². The molecule has 2 amide bonds. The summed E-state index contributed by atoms with van der Waals surface area (Å²) in [7, 11) is 0. The van der Waals surface area contributed by atoms with Crippen molar-refractivity contribution in [3.05, 3.63) is 100 Å². The van der Waals surface area contributed by atoms with E-state index in [9.17, 15) is 27.2 Å². The predicted molar refractivity (Wildman–Crippen MR) is 156 cm³/mol. The zero-order valence-corrected chi connectivity index (χ0v) is 24.3. The number of carbonyl (C=O) groups is 2. The average molecular weight is 584 g/mol. The minimum atomic E-state index is -4.32. The van der Waals surface area contributed by atoms with Crippen molar-refractivity contribution in [2.24, 2.45) is 5.92 Å². The number of alkyl halides is 3. The fraction of sp³-hybridized carbons (Fsp3) is 0.394. The van der Waals surface area contributed by atoms with Gasteiger partial charge in [0.2, 0.25) is 5.91 Å². The molecule has 42 heavy (non-hydrogen) atoms. The lowest BCUT2D eigenvalue weighted by Gasteiger charge is -2.41. The Balaban J connectivity index is 1.66. The molecule has 0 aromatic heterocycles. The maximum atomic E-state index is 14.9. The number of halogens is 4. The second-order valence-corrected chi connectivity index (χ2v) is 11.9. The molecule has 1 fully saturated rings. The van der Waals surface area contributed by atoms with Crippen LogP contribution in [0.25, 0.3) is 0 Å². The molecule has 0 aliphatic carbocycles. The van der Waals surface area contributed by atoms with Crippen LogP contribution in [0, 0.1) is 18.7 Å². The van der Waals surface area contributed by atoms with E-state index in [-0.39, 0.29) is 23.4 Å². The lowest BCUT2D eigenvalue weighted by atomic mass is 9.82. The third-order valence-electron chi connectivity index (χ3n) is 7.64. The summed E-state index contributed by atoms with van der Waals surface area (Å²) in [5, 5.41) is 5.41. The molecule has 5 nitrogen and oxygen atoms in total. The summed E-state index contributed by atoms with van der Waals surface area (Å²) in [6.45, 7) is 7.15. The highest BCUT2D eigenvalue weighted by atomic mass is 19.4. The molecule has 0 radical (unpaired) electrons. The van der Waals surface area contributed by atoms with Crippen LogP contribution < -0.4 is 10.6 Å². The third-order valence-corrected chi connectivity index (χ3v) is 7.64.